The van der Waals surface area contributed by atoms with Crippen LogP contribution in [0.25, 0.3) is 0 Å². The lowest BCUT2D eigenvalue weighted by molar-refractivity contribution is -0.155. The first-order valence-corrected chi connectivity index (χ1v) is 11.3. The summed E-state index contributed by atoms with van der Waals surface area (Å²) < 4.78 is 0. The Morgan fingerprint density at radius 1 is 1.22 bits per heavy atom. The monoisotopic (exact) mass is 477 g/mol. The average Bonchev–Trinajstić information content (AvgIpc) is 2.69. The highest BCUT2D eigenvalue weighted by molar-refractivity contribution is 6.34. The number of amides is 2. The maximum Gasteiger partial charge on any atom is 0.251 e. The van der Waals surface area contributed by atoms with Gasteiger partial charge in [-0.3, -0.25) is 14.6 Å². The number of carbonyl (C=O) groups is 2. The van der Waals surface area contributed by atoms with Gasteiger partial charge in [0.05, 0.1) is 15.7 Å². The summed E-state index contributed by atoms with van der Waals surface area (Å²) in [4.78, 5) is 31.7. The number of hydrogen-bond donors (Lipinski definition) is 2. The van der Waals surface area contributed by atoms with Gasteiger partial charge in [0, 0.05) is 48.6 Å². The van der Waals surface area contributed by atoms with Gasteiger partial charge in [0.15, 0.2) is 0 Å². The summed E-state index contributed by atoms with van der Waals surface area (Å²) in [6.07, 6.45) is 1.89. The van der Waals surface area contributed by atoms with E-state index in [4.69, 9.17) is 23.2 Å². The molecule has 2 amide bonds. The molecule has 0 bridgehead atoms. The molecule has 1 aliphatic heterocycles. The van der Waals surface area contributed by atoms with E-state index in [-0.39, 0.29) is 24.7 Å². The highest BCUT2D eigenvalue weighted by atomic mass is 35.5. The SMILES string of the molecule is CC(C)(CC(=O)N1CCC(O)(c2ncc(Cl)cc2Cl)C(C)(C)C1)NC(=O)c1ccccc1. The molecular weight excluding hydrogens is 449 g/mol. The Kier molecular flexibility index (Phi) is 6.89. The second kappa shape index (κ2) is 9.00. The maximum absolute atomic E-state index is 13.1. The van der Waals surface area contributed by atoms with Gasteiger partial charge in [-0.2, -0.15) is 0 Å². The number of aliphatic hydroxyl groups is 1. The standard InChI is InChI=1S/C24H29Cl2N3O3/c1-22(2)15-29(11-10-24(22,32)20-18(26)12-17(25)14-27-20)19(30)13-23(3,4)28-21(31)16-8-6-5-7-9-16/h5-9,12,14,32H,10-11,13,15H2,1-4H3,(H,28,31). The molecule has 0 radical (unpaired) electrons. The van der Waals surface area contributed by atoms with Crippen molar-refractivity contribution in [2.45, 2.75) is 51.7 Å². The number of halogens is 2. The Morgan fingerprint density at radius 2 is 1.88 bits per heavy atom. The van der Waals surface area contributed by atoms with Crippen LogP contribution in [0.2, 0.25) is 10.0 Å². The van der Waals surface area contributed by atoms with Gasteiger partial charge >= 0.3 is 0 Å². The van der Waals surface area contributed by atoms with Gasteiger partial charge in [-0.1, -0.05) is 55.2 Å². The van der Waals surface area contributed by atoms with Crippen molar-refractivity contribution in [2.24, 2.45) is 5.41 Å². The van der Waals surface area contributed by atoms with E-state index < -0.39 is 16.6 Å². The molecule has 0 spiro atoms. The lowest BCUT2D eigenvalue weighted by atomic mass is 9.68. The van der Waals surface area contributed by atoms with Crippen molar-refractivity contribution in [3.05, 3.63) is 63.9 Å². The fourth-order valence-corrected chi connectivity index (χ4v) is 4.73. The van der Waals surface area contributed by atoms with Crippen molar-refractivity contribution >= 4 is 35.0 Å². The fraction of sp³-hybridized carbons (Fsp3) is 0.458. The zero-order valence-electron chi connectivity index (χ0n) is 18.8. The van der Waals surface area contributed by atoms with Crippen molar-refractivity contribution in [3.8, 4) is 0 Å². The minimum absolute atomic E-state index is 0.0892. The third kappa shape index (κ3) is 5.08. The number of rotatable bonds is 5. The van der Waals surface area contributed by atoms with Gasteiger partial charge in [0.25, 0.3) is 5.91 Å². The number of nitrogens with one attached hydrogen (secondary N) is 1. The quantitative estimate of drug-likeness (QED) is 0.666. The molecule has 2 heterocycles. The van der Waals surface area contributed by atoms with Gasteiger partial charge in [-0.15, -0.1) is 0 Å². The predicted octanol–water partition coefficient (Wildman–Crippen LogP) is 4.43. The molecule has 3 rings (SSSR count). The second-order valence-electron chi connectivity index (χ2n) is 9.67. The molecule has 8 heteroatoms. The summed E-state index contributed by atoms with van der Waals surface area (Å²) in [7, 11) is 0. The first kappa shape index (κ1) is 24.5. The number of aromatic nitrogens is 1. The number of carbonyl (C=O) groups excluding carboxylic acids is 2. The lowest BCUT2D eigenvalue weighted by Gasteiger charge is -2.50. The van der Waals surface area contributed by atoms with Crippen molar-refractivity contribution in [3.63, 3.8) is 0 Å². The first-order chi connectivity index (χ1) is 14.8. The Morgan fingerprint density at radius 3 is 2.47 bits per heavy atom. The second-order valence-corrected chi connectivity index (χ2v) is 10.5. The number of benzene rings is 1. The summed E-state index contributed by atoms with van der Waals surface area (Å²) in [6.45, 7) is 8.11. The van der Waals surface area contributed by atoms with Crippen molar-refractivity contribution in [1.29, 1.82) is 0 Å². The van der Waals surface area contributed by atoms with E-state index in [0.717, 1.165) is 0 Å². The molecule has 1 aromatic heterocycles. The predicted molar refractivity (Wildman–Crippen MR) is 126 cm³/mol. The highest BCUT2D eigenvalue weighted by Crippen LogP contribution is 2.47. The topological polar surface area (TPSA) is 82.5 Å². The summed E-state index contributed by atoms with van der Waals surface area (Å²) in [5.41, 5.74) is -1.82. The normalized spacial score (nSPS) is 20.7. The van der Waals surface area contributed by atoms with Gasteiger partial charge < -0.3 is 15.3 Å². The van der Waals surface area contributed by atoms with Crippen LogP contribution in [0.5, 0.6) is 0 Å². The molecule has 0 aliphatic carbocycles. The van der Waals surface area contributed by atoms with Crippen LogP contribution in [0.3, 0.4) is 0 Å². The van der Waals surface area contributed by atoms with Crippen molar-refractivity contribution in [2.75, 3.05) is 13.1 Å². The number of nitrogens with zero attached hydrogens (tertiary/aromatic N) is 2. The molecule has 2 N–H and O–H groups in total. The number of pyridine rings is 1. The summed E-state index contributed by atoms with van der Waals surface area (Å²) in [5, 5.41) is 15.2. The highest BCUT2D eigenvalue weighted by Gasteiger charge is 2.51. The van der Waals surface area contributed by atoms with Crippen molar-refractivity contribution < 1.29 is 14.7 Å². The van der Waals surface area contributed by atoms with E-state index in [2.05, 4.69) is 10.3 Å². The molecule has 0 saturated carbocycles. The molecule has 2 aromatic rings. The molecule has 32 heavy (non-hydrogen) atoms. The number of piperidine rings is 1. The Hall–Kier alpha value is -2.15. The van der Waals surface area contributed by atoms with Crippen LogP contribution < -0.4 is 5.32 Å². The van der Waals surface area contributed by atoms with Crippen LogP contribution in [-0.4, -0.2) is 45.4 Å². The molecule has 6 nitrogen and oxygen atoms in total. The van der Waals surface area contributed by atoms with Crippen LogP contribution in [0, 0.1) is 5.41 Å². The van der Waals surface area contributed by atoms with Crippen LogP contribution in [0.15, 0.2) is 42.6 Å². The van der Waals surface area contributed by atoms with Crippen LogP contribution >= 0.6 is 23.2 Å². The van der Waals surface area contributed by atoms with Crippen LogP contribution in [-0.2, 0) is 10.4 Å². The van der Waals surface area contributed by atoms with Crippen LogP contribution in [0.1, 0.15) is 56.6 Å². The molecule has 1 saturated heterocycles. The van der Waals surface area contributed by atoms with E-state index in [0.29, 0.717) is 34.4 Å². The summed E-state index contributed by atoms with van der Waals surface area (Å²) in [6, 6.07) is 10.5. The van der Waals surface area contributed by atoms with E-state index in [1.165, 1.54) is 6.20 Å². The van der Waals surface area contributed by atoms with Crippen LogP contribution in [0.4, 0.5) is 0 Å². The van der Waals surface area contributed by atoms with Crippen molar-refractivity contribution in [1.82, 2.24) is 15.2 Å². The number of hydrogen-bond acceptors (Lipinski definition) is 4. The minimum atomic E-state index is -1.30. The summed E-state index contributed by atoms with van der Waals surface area (Å²) in [5.74, 6) is -0.311. The van der Waals surface area contributed by atoms with E-state index in [1.54, 1.807) is 35.2 Å². The third-order valence-corrected chi connectivity index (χ3v) is 6.58. The van der Waals surface area contributed by atoms with E-state index in [9.17, 15) is 14.7 Å². The minimum Gasteiger partial charge on any atom is -0.383 e. The Balaban J connectivity index is 1.69. The van der Waals surface area contributed by atoms with Gasteiger partial charge in [-0.25, -0.2) is 0 Å². The lowest BCUT2D eigenvalue weighted by Crippen LogP contribution is -2.58. The zero-order chi connectivity index (χ0) is 23.7. The molecule has 1 atom stereocenters. The maximum atomic E-state index is 13.1. The largest absolute Gasteiger partial charge is 0.383 e. The fourth-order valence-electron chi connectivity index (χ4n) is 4.20. The van der Waals surface area contributed by atoms with Gasteiger partial charge in [0.2, 0.25) is 5.91 Å². The molecule has 1 aliphatic rings. The van der Waals surface area contributed by atoms with Gasteiger partial charge in [-0.05, 0) is 32.0 Å². The molecule has 1 unspecified atom stereocenters. The molecular formula is C24H29Cl2N3O3. The zero-order valence-corrected chi connectivity index (χ0v) is 20.3. The molecule has 172 valence electrons. The molecule has 1 fully saturated rings. The average molecular weight is 478 g/mol. The summed E-state index contributed by atoms with van der Waals surface area (Å²) >= 11 is 12.3. The van der Waals surface area contributed by atoms with Gasteiger partial charge in [0.1, 0.15) is 5.60 Å². The number of likely N-dealkylation sites (tertiary alicyclic amines) is 1. The van der Waals surface area contributed by atoms with E-state index in [1.807, 2.05) is 33.8 Å². The molecule has 1 aromatic carbocycles. The first-order valence-electron chi connectivity index (χ1n) is 10.5. The third-order valence-electron chi connectivity index (χ3n) is 6.08. The Bertz CT molecular complexity index is 1010. The Labute approximate surface area is 198 Å². The van der Waals surface area contributed by atoms with E-state index >= 15 is 0 Å². The smallest absolute Gasteiger partial charge is 0.251 e.